The summed E-state index contributed by atoms with van der Waals surface area (Å²) in [4.78, 5) is 14.5. The van der Waals surface area contributed by atoms with E-state index in [9.17, 15) is 9.90 Å². The van der Waals surface area contributed by atoms with Crippen LogP contribution in [0.2, 0.25) is 0 Å². The normalized spacial score (nSPS) is 20.6. The molecule has 1 saturated heterocycles. The van der Waals surface area contributed by atoms with E-state index in [1.165, 1.54) is 6.42 Å². The van der Waals surface area contributed by atoms with Crippen molar-refractivity contribution in [2.24, 2.45) is 5.92 Å². The van der Waals surface area contributed by atoms with Crippen LogP contribution in [-0.4, -0.2) is 54.8 Å². The van der Waals surface area contributed by atoms with Gasteiger partial charge in [-0.05, 0) is 38.8 Å². The molecule has 2 aromatic heterocycles. The van der Waals surface area contributed by atoms with Gasteiger partial charge in [0.05, 0.1) is 17.8 Å². The predicted octanol–water partition coefficient (Wildman–Crippen LogP) is 1.67. The highest BCUT2D eigenvalue weighted by Gasteiger charge is 2.36. The van der Waals surface area contributed by atoms with Crippen LogP contribution in [0.5, 0.6) is 0 Å². The molecular weight excluding hydrogens is 342 g/mol. The molecule has 0 unspecified atom stereocenters. The lowest BCUT2D eigenvalue weighted by molar-refractivity contribution is -0.0556. The molecule has 2 aliphatic rings. The van der Waals surface area contributed by atoms with Gasteiger partial charge in [0, 0.05) is 37.3 Å². The minimum absolute atomic E-state index is 0.0790. The van der Waals surface area contributed by atoms with Crippen molar-refractivity contribution in [3.05, 3.63) is 39.9 Å². The van der Waals surface area contributed by atoms with Gasteiger partial charge in [0.15, 0.2) is 5.82 Å². The van der Waals surface area contributed by atoms with Crippen LogP contribution in [-0.2, 0) is 6.54 Å². The maximum absolute atomic E-state index is 12.2. The van der Waals surface area contributed by atoms with Gasteiger partial charge in [0.25, 0.3) is 5.56 Å². The highest BCUT2D eigenvalue weighted by molar-refractivity contribution is 5.23. The number of hydrogen-bond donors (Lipinski definition) is 1. The van der Waals surface area contributed by atoms with Crippen LogP contribution in [0.3, 0.4) is 0 Å². The number of aromatic nitrogens is 4. The molecule has 4 rings (SSSR count). The number of β-amino-alcohol motifs (C(OH)–C–C–N with tert-alkyl or cyclic N) is 1. The zero-order chi connectivity index (χ0) is 19.0. The first-order valence-electron chi connectivity index (χ1n) is 9.98. The molecule has 1 aliphatic carbocycles. The second kappa shape index (κ2) is 7.20. The minimum Gasteiger partial charge on any atom is -0.389 e. The zero-order valence-electron chi connectivity index (χ0n) is 16.3. The summed E-state index contributed by atoms with van der Waals surface area (Å²) in [5.41, 5.74) is 1.35. The third-order valence-corrected chi connectivity index (χ3v) is 5.85. The molecule has 0 amide bonds. The van der Waals surface area contributed by atoms with Gasteiger partial charge in [-0.25, -0.2) is 9.36 Å². The summed E-state index contributed by atoms with van der Waals surface area (Å²) >= 11 is 0. The standard InChI is InChI=1S/C20H29N5O2/c1-15-10-16(2)25(21-15)18-6-7-19(26)24(22-18)13-17-11-23(12-17)14-20(27)8-4-3-5-9-20/h6-7,10,17,27H,3-5,8-9,11-14H2,1-2H3. The van der Waals surface area contributed by atoms with Gasteiger partial charge in [-0.2, -0.15) is 5.10 Å². The second-order valence-corrected chi connectivity index (χ2v) is 8.40. The summed E-state index contributed by atoms with van der Waals surface area (Å²) in [5, 5.41) is 19.7. The first-order chi connectivity index (χ1) is 12.9. The number of aliphatic hydroxyl groups is 1. The highest BCUT2D eigenvalue weighted by Crippen LogP contribution is 2.31. The van der Waals surface area contributed by atoms with Crippen molar-refractivity contribution in [2.75, 3.05) is 19.6 Å². The average Bonchev–Trinajstić information content (AvgIpc) is 2.93. The molecule has 0 bridgehead atoms. The van der Waals surface area contributed by atoms with Gasteiger partial charge in [-0.3, -0.25) is 9.69 Å². The maximum atomic E-state index is 12.2. The Kier molecular flexibility index (Phi) is 4.90. The summed E-state index contributed by atoms with van der Waals surface area (Å²) in [6, 6.07) is 5.29. The molecule has 27 heavy (non-hydrogen) atoms. The van der Waals surface area contributed by atoms with Crippen LogP contribution < -0.4 is 5.56 Å². The average molecular weight is 371 g/mol. The lowest BCUT2D eigenvalue weighted by Gasteiger charge is -2.45. The minimum atomic E-state index is -0.506. The number of likely N-dealkylation sites (tertiary alicyclic amines) is 1. The number of hydrogen-bond acceptors (Lipinski definition) is 5. The monoisotopic (exact) mass is 371 g/mol. The van der Waals surface area contributed by atoms with Crippen LogP contribution >= 0.6 is 0 Å². The number of nitrogens with zero attached hydrogens (tertiary/aromatic N) is 5. The lowest BCUT2D eigenvalue weighted by atomic mass is 9.83. The smallest absolute Gasteiger partial charge is 0.266 e. The van der Waals surface area contributed by atoms with E-state index in [1.54, 1.807) is 21.5 Å². The van der Waals surface area contributed by atoms with Crippen molar-refractivity contribution in [1.82, 2.24) is 24.5 Å². The molecule has 1 saturated carbocycles. The van der Waals surface area contributed by atoms with E-state index in [4.69, 9.17) is 0 Å². The molecule has 1 aliphatic heterocycles. The quantitative estimate of drug-likeness (QED) is 0.865. The Morgan fingerprint density at radius 1 is 1.15 bits per heavy atom. The van der Waals surface area contributed by atoms with Crippen molar-refractivity contribution in [3.8, 4) is 5.82 Å². The van der Waals surface area contributed by atoms with Crippen LogP contribution in [0.4, 0.5) is 0 Å². The summed E-state index contributed by atoms with van der Waals surface area (Å²) in [6.45, 7) is 7.14. The van der Waals surface area contributed by atoms with Crippen molar-refractivity contribution in [3.63, 3.8) is 0 Å². The zero-order valence-corrected chi connectivity index (χ0v) is 16.3. The predicted molar refractivity (Wildman–Crippen MR) is 103 cm³/mol. The Morgan fingerprint density at radius 3 is 2.56 bits per heavy atom. The van der Waals surface area contributed by atoms with E-state index in [-0.39, 0.29) is 5.56 Å². The van der Waals surface area contributed by atoms with E-state index in [2.05, 4.69) is 15.1 Å². The summed E-state index contributed by atoms with van der Waals surface area (Å²) in [6.07, 6.45) is 5.34. The van der Waals surface area contributed by atoms with Crippen LogP contribution in [0.1, 0.15) is 43.5 Å². The molecule has 3 heterocycles. The Hall–Kier alpha value is -1.99. The third-order valence-electron chi connectivity index (χ3n) is 5.85. The van der Waals surface area contributed by atoms with Gasteiger partial charge in [0.1, 0.15) is 0 Å². The number of aryl methyl sites for hydroxylation is 2. The fourth-order valence-electron chi connectivity index (χ4n) is 4.49. The van der Waals surface area contributed by atoms with Crippen molar-refractivity contribution < 1.29 is 5.11 Å². The largest absolute Gasteiger partial charge is 0.389 e. The Morgan fingerprint density at radius 2 is 1.89 bits per heavy atom. The third kappa shape index (κ3) is 3.99. The topological polar surface area (TPSA) is 76.2 Å². The molecule has 0 spiro atoms. The lowest BCUT2D eigenvalue weighted by Crippen LogP contribution is -2.55. The highest BCUT2D eigenvalue weighted by atomic mass is 16.3. The Balaban J connectivity index is 1.38. The van der Waals surface area contributed by atoms with Gasteiger partial charge in [-0.1, -0.05) is 19.3 Å². The molecule has 7 heteroatoms. The number of rotatable bonds is 5. The van der Waals surface area contributed by atoms with Crippen molar-refractivity contribution in [1.29, 1.82) is 0 Å². The first kappa shape index (κ1) is 18.4. The van der Waals surface area contributed by atoms with Gasteiger partial charge in [0.2, 0.25) is 0 Å². The molecule has 1 N–H and O–H groups in total. The van der Waals surface area contributed by atoms with Crippen LogP contribution in [0.15, 0.2) is 23.0 Å². The molecule has 146 valence electrons. The Labute approximate surface area is 159 Å². The molecule has 2 aromatic rings. The molecule has 0 aromatic carbocycles. The molecule has 0 atom stereocenters. The first-order valence-corrected chi connectivity index (χ1v) is 9.98. The van der Waals surface area contributed by atoms with E-state index in [0.29, 0.717) is 18.3 Å². The molecule has 2 fully saturated rings. The van der Waals surface area contributed by atoms with Gasteiger partial charge in [-0.15, -0.1) is 5.10 Å². The summed E-state index contributed by atoms with van der Waals surface area (Å²) in [7, 11) is 0. The van der Waals surface area contributed by atoms with E-state index < -0.39 is 5.60 Å². The Bertz CT molecular complexity index is 859. The SMILES string of the molecule is Cc1cc(C)n(-c2ccc(=O)n(CC3CN(CC4(O)CCCCC4)C3)n2)n1. The molecule has 7 nitrogen and oxygen atoms in total. The van der Waals surface area contributed by atoms with Gasteiger partial charge < -0.3 is 5.11 Å². The molecule has 0 radical (unpaired) electrons. The van der Waals surface area contributed by atoms with Crippen molar-refractivity contribution in [2.45, 2.75) is 58.1 Å². The van der Waals surface area contributed by atoms with Crippen LogP contribution in [0.25, 0.3) is 5.82 Å². The summed E-state index contributed by atoms with van der Waals surface area (Å²) in [5.74, 6) is 1.07. The van der Waals surface area contributed by atoms with E-state index in [1.807, 2.05) is 19.9 Å². The van der Waals surface area contributed by atoms with E-state index in [0.717, 1.165) is 56.7 Å². The summed E-state index contributed by atoms with van der Waals surface area (Å²) < 4.78 is 3.33. The van der Waals surface area contributed by atoms with Crippen molar-refractivity contribution >= 4 is 0 Å². The fourth-order valence-corrected chi connectivity index (χ4v) is 4.49. The van der Waals surface area contributed by atoms with Crippen LogP contribution in [0, 0.1) is 19.8 Å². The fraction of sp³-hybridized carbons (Fsp3) is 0.650. The van der Waals surface area contributed by atoms with Gasteiger partial charge >= 0.3 is 0 Å². The maximum Gasteiger partial charge on any atom is 0.266 e. The van der Waals surface area contributed by atoms with E-state index >= 15 is 0 Å². The molecular formula is C20H29N5O2. The second-order valence-electron chi connectivity index (χ2n) is 8.40.